The molecule has 4 rings (SSSR count). The Balaban J connectivity index is 1.33. The van der Waals surface area contributed by atoms with Crippen LogP contribution in [0.15, 0.2) is 36.4 Å². The molecule has 7 nitrogen and oxygen atoms in total. The lowest BCUT2D eigenvalue weighted by Crippen LogP contribution is -2.51. The molecule has 1 N–H and O–H groups in total. The average Bonchev–Trinajstić information content (AvgIpc) is 3.51. The monoisotopic (exact) mass is 427 g/mol. The zero-order valence-corrected chi connectivity index (χ0v) is 17.8. The Morgan fingerprint density at radius 3 is 2.53 bits per heavy atom. The topological polar surface area (TPSA) is 70.5 Å². The smallest absolute Gasteiger partial charge is 0.246 e. The third-order valence-corrected chi connectivity index (χ3v) is 5.80. The van der Waals surface area contributed by atoms with Crippen LogP contribution in [0.2, 0.25) is 5.15 Å². The number of amides is 2. The largest absolute Gasteiger partial charge is 0.352 e. The second kappa shape index (κ2) is 9.02. The number of hydrogen-bond acceptors (Lipinski definition) is 4. The summed E-state index contributed by atoms with van der Waals surface area (Å²) in [5, 5.41) is 7.98. The van der Waals surface area contributed by atoms with E-state index in [1.807, 2.05) is 37.3 Å². The molecule has 2 aliphatic rings. The van der Waals surface area contributed by atoms with Crippen LogP contribution in [0.1, 0.15) is 24.1 Å². The number of piperazine rings is 1. The van der Waals surface area contributed by atoms with Gasteiger partial charge in [0, 0.05) is 43.9 Å². The number of para-hydroxylation sites is 1. The molecular weight excluding hydrogens is 402 g/mol. The Labute approximate surface area is 181 Å². The van der Waals surface area contributed by atoms with Crippen molar-refractivity contribution in [3.8, 4) is 5.69 Å². The van der Waals surface area contributed by atoms with E-state index in [4.69, 9.17) is 11.6 Å². The van der Waals surface area contributed by atoms with Crippen LogP contribution >= 0.6 is 11.6 Å². The highest BCUT2D eigenvalue weighted by molar-refractivity contribution is 6.31. The highest BCUT2D eigenvalue weighted by Crippen LogP contribution is 2.24. The fourth-order valence-corrected chi connectivity index (χ4v) is 3.87. The predicted molar refractivity (Wildman–Crippen MR) is 117 cm³/mol. The fourth-order valence-electron chi connectivity index (χ4n) is 3.53. The van der Waals surface area contributed by atoms with Gasteiger partial charge in [-0.05, 0) is 38.0 Å². The molecule has 8 heteroatoms. The molecule has 0 spiro atoms. The minimum absolute atomic E-state index is 0.0555. The molecular formula is C22H26ClN5O2. The molecule has 2 fully saturated rings. The van der Waals surface area contributed by atoms with Crippen LogP contribution in [0, 0.1) is 6.92 Å². The van der Waals surface area contributed by atoms with E-state index in [1.54, 1.807) is 21.7 Å². The number of carbonyl (C=O) groups is 2. The number of aromatic nitrogens is 2. The van der Waals surface area contributed by atoms with Gasteiger partial charge in [0.25, 0.3) is 0 Å². The number of halogens is 1. The van der Waals surface area contributed by atoms with E-state index in [-0.39, 0.29) is 11.8 Å². The first-order valence-electron chi connectivity index (χ1n) is 10.3. The summed E-state index contributed by atoms with van der Waals surface area (Å²) in [6.07, 6.45) is 5.48. The molecule has 0 unspecified atom stereocenters. The molecule has 1 saturated heterocycles. The first kappa shape index (κ1) is 20.6. The van der Waals surface area contributed by atoms with Crippen LogP contribution in [-0.4, -0.2) is 70.2 Å². The van der Waals surface area contributed by atoms with Crippen molar-refractivity contribution >= 4 is 29.5 Å². The van der Waals surface area contributed by atoms with Crippen LogP contribution in [0.3, 0.4) is 0 Å². The fraction of sp³-hybridized carbons (Fsp3) is 0.409. The lowest BCUT2D eigenvalue weighted by atomic mass is 10.2. The van der Waals surface area contributed by atoms with Crippen LogP contribution in [-0.2, 0) is 9.59 Å². The Morgan fingerprint density at radius 1 is 1.17 bits per heavy atom. The zero-order chi connectivity index (χ0) is 21.1. The summed E-state index contributed by atoms with van der Waals surface area (Å²) in [5.74, 6) is 0.0257. The molecule has 1 aromatic carbocycles. The van der Waals surface area contributed by atoms with E-state index in [1.165, 1.54) is 0 Å². The molecule has 0 bridgehead atoms. The normalized spacial score (nSPS) is 17.5. The second-order valence-electron chi connectivity index (χ2n) is 7.81. The van der Waals surface area contributed by atoms with Gasteiger partial charge in [0.2, 0.25) is 11.8 Å². The Bertz CT molecular complexity index is 944. The van der Waals surface area contributed by atoms with Gasteiger partial charge in [-0.1, -0.05) is 29.8 Å². The van der Waals surface area contributed by atoms with Crippen molar-refractivity contribution in [3.63, 3.8) is 0 Å². The summed E-state index contributed by atoms with van der Waals surface area (Å²) in [7, 11) is 0. The van der Waals surface area contributed by atoms with E-state index in [9.17, 15) is 9.59 Å². The molecule has 30 heavy (non-hydrogen) atoms. The van der Waals surface area contributed by atoms with Gasteiger partial charge in [-0.25, -0.2) is 4.68 Å². The van der Waals surface area contributed by atoms with E-state index >= 15 is 0 Å². The maximum atomic E-state index is 12.6. The third kappa shape index (κ3) is 4.91. The van der Waals surface area contributed by atoms with Crippen LogP contribution in [0.25, 0.3) is 11.8 Å². The zero-order valence-electron chi connectivity index (χ0n) is 17.1. The standard InChI is InChI=1S/C22H26ClN5O2/c1-16-19(22(23)28(25-16)18-5-3-2-4-6-18)9-10-21(30)27-13-11-26(12-14-27)15-20(29)24-17-7-8-17/h2-6,9-10,17H,7-8,11-15H2,1H3,(H,24,29)/b10-9+. The molecule has 158 valence electrons. The molecule has 0 radical (unpaired) electrons. The molecule has 1 aliphatic heterocycles. The van der Waals surface area contributed by atoms with E-state index in [0.717, 1.165) is 29.8 Å². The van der Waals surface area contributed by atoms with Crippen LogP contribution < -0.4 is 5.32 Å². The first-order chi connectivity index (χ1) is 14.5. The summed E-state index contributed by atoms with van der Waals surface area (Å²) in [4.78, 5) is 28.5. The van der Waals surface area contributed by atoms with Crippen molar-refractivity contribution < 1.29 is 9.59 Å². The van der Waals surface area contributed by atoms with E-state index in [0.29, 0.717) is 43.9 Å². The van der Waals surface area contributed by atoms with Gasteiger partial charge in [0.1, 0.15) is 5.15 Å². The second-order valence-corrected chi connectivity index (χ2v) is 8.17. The molecule has 0 atom stereocenters. The quantitative estimate of drug-likeness (QED) is 0.718. The van der Waals surface area contributed by atoms with Gasteiger partial charge < -0.3 is 10.2 Å². The molecule has 2 heterocycles. The molecule has 2 amide bonds. The predicted octanol–water partition coefficient (Wildman–Crippen LogP) is 2.27. The number of nitrogens with zero attached hydrogens (tertiary/aromatic N) is 4. The molecule has 1 aromatic heterocycles. The van der Waals surface area contributed by atoms with Gasteiger partial charge in [-0.15, -0.1) is 0 Å². The number of aryl methyl sites for hydroxylation is 1. The number of hydrogen-bond donors (Lipinski definition) is 1. The van der Waals surface area contributed by atoms with E-state index in [2.05, 4.69) is 15.3 Å². The lowest BCUT2D eigenvalue weighted by molar-refractivity contribution is -0.128. The van der Waals surface area contributed by atoms with Gasteiger partial charge in [-0.3, -0.25) is 14.5 Å². The van der Waals surface area contributed by atoms with E-state index < -0.39 is 0 Å². The third-order valence-electron chi connectivity index (χ3n) is 5.43. The lowest BCUT2D eigenvalue weighted by Gasteiger charge is -2.33. The van der Waals surface area contributed by atoms with Crippen molar-refractivity contribution in [1.82, 2.24) is 24.9 Å². The molecule has 1 aliphatic carbocycles. The van der Waals surface area contributed by atoms with Crippen molar-refractivity contribution in [2.24, 2.45) is 0 Å². The minimum Gasteiger partial charge on any atom is -0.352 e. The van der Waals surface area contributed by atoms with Crippen molar-refractivity contribution in [2.45, 2.75) is 25.8 Å². The summed E-state index contributed by atoms with van der Waals surface area (Å²) < 4.78 is 1.67. The number of carbonyl (C=O) groups excluding carboxylic acids is 2. The van der Waals surface area contributed by atoms with Gasteiger partial charge in [-0.2, -0.15) is 5.10 Å². The van der Waals surface area contributed by atoms with Gasteiger partial charge in [0.05, 0.1) is 17.9 Å². The van der Waals surface area contributed by atoms with Crippen molar-refractivity contribution in [1.29, 1.82) is 0 Å². The molecule has 2 aromatic rings. The Kier molecular flexibility index (Phi) is 6.20. The maximum absolute atomic E-state index is 12.6. The Hall–Kier alpha value is -2.64. The average molecular weight is 428 g/mol. The summed E-state index contributed by atoms with van der Waals surface area (Å²) >= 11 is 6.52. The first-order valence-corrected chi connectivity index (χ1v) is 10.7. The van der Waals surface area contributed by atoms with Crippen LogP contribution in [0.4, 0.5) is 0 Å². The van der Waals surface area contributed by atoms with Gasteiger partial charge >= 0.3 is 0 Å². The number of benzene rings is 1. The summed E-state index contributed by atoms with van der Waals surface area (Å²) in [6.45, 7) is 4.89. The highest BCUT2D eigenvalue weighted by Gasteiger charge is 2.26. The number of nitrogens with one attached hydrogen (secondary N) is 1. The van der Waals surface area contributed by atoms with Crippen molar-refractivity contribution in [2.75, 3.05) is 32.7 Å². The minimum atomic E-state index is -0.0555. The molecule has 1 saturated carbocycles. The van der Waals surface area contributed by atoms with Gasteiger partial charge in [0.15, 0.2) is 0 Å². The van der Waals surface area contributed by atoms with Crippen LogP contribution in [0.5, 0.6) is 0 Å². The highest BCUT2D eigenvalue weighted by atomic mass is 35.5. The Morgan fingerprint density at radius 2 is 1.87 bits per heavy atom. The summed E-state index contributed by atoms with van der Waals surface area (Å²) in [6, 6.07) is 10.0. The maximum Gasteiger partial charge on any atom is 0.246 e. The number of rotatable bonds is 6. The summed E-state index contributed by atoms with van der Waals surface area (Å²) in [5.41, 5.74) is 2.38. The van der Waals surface area contributed by atoms with Crippen molar-refractivity contribution in [3.05, 3.63) is 52.8 Å². The SMILES string of the molecule is Cc1nn(-c2ccccc2)c(Cl)c1/C=C/C(=O)N1CCN(CC(=O)NC2CC2)CC1.